The molecule has 1 fully saturated rings. The van der Waals surface area contributed by atoms with Crippen molar-refractivity contribution in [2.24, 2.45) is 0 Å². The summed E-state index contributed by atoms with van der Waals surface area (Å²) >= 11 is 0. The maximum Gasteiger partial charge on any atom is 0.247 e. The molecule has 0 spiro atoms. The summed E-state index contributed by atoms with van der Waals surface area (Å²) in [6, 6.07) is 17.4. The number of methoxy groups -OCH3 is 1. The Morgan fingerprint density at radius 1 is 0.976 bits per heavy atom. The van der Waals surface area contributed by atoms with E-state index in [2.05, 4.69) is 15.6 Å². The van der Waals surface area contributed by atoms with Gasteiger partial charge in [-0.25, -0.2) is 9.37 Å². The van der Waals surface area contributed by atoms with Gasteiger partial charge in [0.1, 0.15) is 23.4 Å². The zero-order valence-corrected chi connectivity index (χ0v) is 23.4. The number of benzene rings is 2. The summed E-state index contributed by atoms with van der Waals surface area (Å²) < 4.78 is 19.0. The highest BCUT2D eigenvalue weighted by molar-refractivity contribution is 5.91. The number of halogens is 1. The van der Waals surface area contributed by atoms with E-state index in [0.29, 0.717) is 22.7 Å². The minimum atomic E-state index is -0.914. The molecule has 1 atom stereocenters. The van der Waals surface area contributed by atoms with Gasteiger partial charge in [0.2, 0.25) is 17.7 Å². The van der Waals surface area contributed by atoms with Crippen molar-refractivity contribution in [2.45, 2.75) is 70.0 Å². The molecule has 3 aromatic rings. The number of aromatic nitrogens is 1. The van der Waals surface area contributed by atoms with Crippen LogP contribution in [0.1, 0.15) is 68.5 Å². The van der Waals surface area contributed by atoms with Crippen molar-refractivity contribution in [3.05, 3.63) is 89.9 Å². The minimum Gasteiger partial charge on any atom is -0.497 e. The molecule has 0 saturated heterocycles. The van der Waals surface area contributed by atoms with E-state index in [1.165, 1.54) is 17.0 Å². The molecule has 1 aromatic heterocycles. The third kappa shape index (κ3) is 8.86. The highest BCUT2D eigenvalue weighted by Crippen LogP contribution is 2.28. The van der Waals surface area contributed by atoms with Crippen LogP contribution in [0.5, 0.6) is 5.75 Å². The normalized spacial score (nSPS) is 14.1. The van der Waals surface area contributed by atoms with Crippen molar-refractivity contribution in [3.8, 4) is 5.75 Å². The Morgan fingerprint density at radius 2 is 1.71 bits per heavy atom. The largest absolute Gasteiger partial charge is 0.497 e. The Hall–Kier alpha value is -4.27. The van der Waals surface area contributed by atoms with Crippen LogP contribution in [-0.4, -0.2) is 40.8 Å². The Kier molecular flexibility index (Phi) is 10.8. The summed E-state index contributed by atoms with van der Waals surface area (Å²) in [5, 5.41) is 5.91. The number of nitrogens with one attached hydrogen (secondary N) is 2. The molecular weight excluding hydrogens is 523 g/mol. The standard InChI is InChI=1S/C32H37FN4O4/c1-41-27-19-15-24(16-20-27)31(32(40)35-26-8-3-2-4-9-26)37(22-23-13-17-25(33)18-14-23)30(39)12-7-11-29(38)36-28-10-5-6-21-34-28/h5-6,10,13-21,26,31H,2-4,7-9,11-12,22H2,1H3,(H,35,40)(H,34,36,38)/t31-/m1/s1. The minimum absolute atomic E-state index is 0.0510. The lowest BCUT2D eigenvalue weighted by atomic mass is 9.94. The van der Waals surface area contributed by atoms with Crippen LogP contribution in [0.25, 0.3) is 0 Å². The van der Waals surface area contributed by atoms with Gasteiger partial charge >= 0.3 is 0 Å². The van der Waals surface area contributed by atoms with Gasteiger partial charge in [-0.05, 0) is 66.8 Å². The molecule has 2 N–H and O–H groups in total. The number of carbonyl (C=O) groups is 3. The van der Waals surface area contributed by atoms with E-state index in [4.69, 9.17) is 4.74 Å². The second-order valence-corrected chi connectivity index (χ2v) is 10.3. The number of nitrogens with zero attached hydrogens (tertiary/aromatic N) is 2. The van der Waals surface area contributed by atoms with Crippen LogP contribution in [0.4, 0.5) is 10.2 Å². The van der Waals surface area contributed by atoms with Crippen molar-refractivity contribution in [2.75, 3.05) is 12.4 Å². The molecule has 9 heteroatoms. The zero-order valence-electron chi connectivity index (χ0n) is 23.4. The summed E-state index contributed by atoms with van der Waals surface area (Å²) in [6.07, 6.45) is 7.11. The molecule has 0 unspecified atom stereocenters. The second kappa shape index (κ2) is 14.9. The van der Waals surface area contributed by atoms with Gasteiger partial charge in [-0.15, -0.1) is 0 Å². The van der Waals surface area contributed by atoms with Crippen LogP contribution in [0.2, 0.25) is 0 Å². The van der Waals surface area contributed by atoms with Gasteiger partial charge in [0.05, 0.1) is 7.11 Å². The van der Waals surface area contributed by atoms with E-state index >= 15 is 0 Å². The summed E-state index contributed by atoms with van der Waals surface area (Å²) in [5.74, 6) is -0.0862. The number of anilines is 1. The summed E-state index contributed by atoms with van der Waals surface area (Å²) in [6.45, 7) is 0.105. The topological polar surface area (TPSA) is 101 Å². The lowest BCUT2D eigenvalue weighted by Crippen LogP contribution is -2.46. The fourth-order valence-corrected chi connectivity index (χ4v) is 5.08. The predicted molar refractivity (Wildman–Crippen MR) is 154 cm³/mol. The Balaban J connectivity index is 1.55. The number of hydrogen-bond donors (Lipinski definition) is 2. The molecular formula is C32H37FN4O4. The van der Waals surface area contributed by atoms with Crippen molar-refractivity contribution in [1.82, 2.24) is 15.2 Å². The maximum absolute atomic E-state index is 13.9. The van der Waals surface area contributed by atoms with Crippen LogP contribution < -0.4 is 15.4 Å². The summed E-state index contributed by atoms with van der Waals surface area (Å²) in [7, 11) is 1.57. The van der Waals surface area contributed by atoms with Crippen molar-refractivity contribution >= 4 is 23.5 Å². The van der Waals surface area contributed by atoms with Gasteiger partial charge in [0.25, 0.3) is 0 Å². The molecule has 4 rings (SSSR count). The average Bonchev–Trinajstić information content (AvgIpc) is 2.99. The van der Waals surface area contributed by atoms with Gasteiger partial charge in [-0.3, -0.25) is 14.4 Å². The van der Waals surface area contributed by atoms with E-state index in [0.717, 1.165) is 32.1 Å². The van der Waals surface area contributed by atoms with Gasteiger partial charge in [0.15, 0.2) is 0 Å². The van der Waals surface area contributed by atoms with Gasteiger partial charge in [-0.2, -0.15) is 0 Å². The molecule has 216 valence electrons. The number of pyridine rings is 1. The molecule has 1 heterocycles. The molecule has 0 aliphatic heterocycles. The van der Waals surface area contributed by atoms with Crippen LogP contribution in [0, 0.1) is 5.82 Å². The van der Waals surface area contributed by atoms with E-state index in [9.17, 15) is 18.8 Å². The second-order valence-electron chi connectivity index (χ2n) is 10.3. The lowest BCUT2D eigenvalue weighted by Gasteiger charge is -2.33. The Morgan fingerprint density at radius 3 is 2.37 bits per heavy atom. The molecule has 1 aliphatic carbocycles. The van der Waals surface area contributed by atoms with Crippen molar-refractivity contribution < 1.29 is 23.5 Å². The zero-order chi connectivity index (χ0) is 29.0. The molecule has 3 amide bonds. The Bertz CT molecular complexity index is 1280. The highest BCUT2D eigenvalue weighted by atomic mass is 19.1. The van der Waals surface area contributed by atoms with E-state index in [1.807, 2.05) is 0 Å². The smallest absolute Gasteiger partial charge is 0.247 e. The number of carbonyl (C=O) groups excluding carboxylic acids is 3. The fourth-order valence-electron chi connectivity index (χ4n) is 5.08. The first-order valence-electron chi connectivity index (χ1n) is 14.1. The van der Waals surface area contributed by atoms with Gasteiger partial charge < -0.3 is 20.3 Å². The average molecular weight is 561 g/mol. The molecule has 0 bridgehead atoms. The first-order valence-corrected chi connectivity index (χ1v) is 14.1. The van der Waals surface area contributed by atoms with E-state index < -0.39 is 6.04 Å². The number of amides is 3. The molecule has 1 aliphatic rings. The predicted octanol–water partition coefficient (Wildman–Crippen LogP) is 5.56. The quantitative estimate of drug-likeness (QED) is 0.302. The molecule has 0 radical (unpaired) electrons. The van der Waals surface area contributed by atoms with Crippen molar-refractivity contribution in [1.29, 1.82) is 0 Å². The number of ether oxygens (including phenoxy) is 1. The monoisotopic (exact) mass is 560 g/mol. The highest BCUT2D eigenvalue weighted by Gasteiger charge is 2.33. The SMILES string of the molecule is COc1ccc([C@H](C(=O)NC2CCCCC2)N(Cc2ccc(F)cc2)C(=O)CCCC(=O)Nc2ccccn2)cc1. The van der Waals surface area contributed by atoms with Gasteiger partial charge in [0, 0.05) is 31.6 Å². The van der Waals surface area contributed by atoms with Crippen LogP contribution in [0.15, 0.2) is 72.9 Å². The van der Waals surface area contributed by atoms with Crippen molar-refractivity contribution in [3.63, 3.8) is 0 Å². The summed E-state index contributed by atoms with van der Waals surface area (Å²) in [5.41, 5.74) is 1.33. The third-order valence-electron chi connectivity index (χ3n) is 7.26. The van der Waals surface area contributed by atoms with Crippen LogP contribution >= 0.6 is 0 Å². The summed E-state index contributed by atoms with van der Waals surface area (Å²) in [4.78, 5) is 45.7. The fraction of sp³-hybridized carbons (Fsp3) is 0.375. The molecule has 41 heavy (non-hydrogen) atoms. The maximum atomic E-state index is 13.9. The lowest BCUT2D eigenvalue weighted by molar-refractivity contribution is -0.142. The number of rotatable bonds is 12. The van der Waals surface area contributed by atoms with E-state index in [-0.39, 0.29) is 55.4 Å². The molecule has 2 aromatic carbocycles. The Labute approximate surface area is 240 Å². The first-order chi connectivity index (χ1) is 19.9. The van der Waals surface area contributed by atoms with E-state index in [1.54, 1.807) is 67.9 Å². The number of hydrogen-bond acceptors (Lipinski definition) is 5. The van der Waals surface area contributed by atoms with Gasteiger partial charge in [-0.1, -0.05) is 49.6 Å². The molecule has 8 nitrogen and oxygen atoms in total. The van der Waals surface area contributed by atoms with Crippen LogP contribution in [-0.2, 0) is 20.9 Å². The van der Waals surface area contributed by atoms with Crippen LogP contribution in [0.3, 0.4) is 0 Å². The third-order valence-corrected chi connectivity index (χ3v) is 7.26. The molecule has 1 saturated carbocycles. The first kappa shape index (κ1) is 29.7.